The average molecular weight is 504 g/mol. The van der Waals surface area contributed by atoms with Crippen LogP contribution >= 0.6 is 0 Å². The number of rotatable bonds is 5. The largest absolute Gasteiger partial charge is 0.403 e. The van der Waals surface area contributed by atoms with Crippen molar-refractivity contribution < 1.29 is 26.7 Å². The molecule has 1 saturated carbocycles. The summed E-state index contributed by atoms with van der Waals surface area (Å²) in [4.78, 5) is 23.8. The fourth-order valence-electron chi connectivity index (χ4n) is 4.40. The molecule has 14 heteroatoms. The van der Waals surface area contributed by atoms with Crippen LogP contribution in [0, 0.1) is 17.0 Å². The SMILES string of the molecule is NC(=O)C1(C(F)(F)F)CC1c1c(N)nc(-c2nn(Cc3ccccc3F)c3ncc(F)cc23)nc1N. The summed E-state index contributed by atoms with van der Waals surface area (Å²) in [6.07, 6.45) is -4.61. The summed E-state index contributed by atoms with van der Waals surface area (Å²) < 4.78 is 70.4. The van der Waals surface area contributed by atoms with E-state index in [0.717, 1.165) is 12.3 Å². The molecular formula is C22H17F5N8O. The molecule has 3 heterocycles. The van der Waals surface area contributed by atoms with Crippen LogP contribution in [0.2, 0.25) is 0 Å². The van der Waals surface area contributed by atoms with Gasteiger partial charge in [0.05, 0.1) is 18.1 Å². The van der Waals surface area contributed by atoms with Crippen molar-refractivity contribution in [1.29, 1.82) is 0 Å². The molecule has 2 atom stereocenters. The Morgan fingerprint density at radius 3 is 2.39 bits per heavy atom. The maximum Gasteiger partial charge on any atom is 0.403 e. The number of benzene rings is 1. The van der Waals surface area contributed by atoms with Crippen LogP contribution < -0.4 is 17.2 Å². The van der Waals surface area contributed by atoms with Gasteiger partial charge in [0.1, 0.15) is 29.0 Å². The number of carbonyl (C=O) groups is 1. The lowest BCUT2D eigenvalue weighted by Gasteiger charge is -2.18. The van der Waals surface area contributed by atoms with Gasteiger partial charge < -0.3 is 17.2 Å². The minimum atomic E-state index is -4.92. The molecule has 0 spiro atoms. The molecular weight excluding hydrogens is 487 g/mol. The lowest BCUT2D eigenvalue weighted by atomic mass is 9.98. The quantitative estimate of drug-likeness (QED) is 0.354. The van der Waals surface area contributed by atoms with Crippen LogP contribution in [-0.4, -0.2) is 36.8 Å². The Kier molecular flexibility index (Phi) is 5.09. The number of aromatic nitrogens is 5. The number of carbonyl (C=O) groups excluding carboxylic acids is 1. The van der Waals surface area contributed by atoms with Crippen LogP contribution in [0.25, 0.3) is 22.6 Å². The first-order valence-electron chi connectivity index (χ1n) is 10.5. The molecule has 0 bridgehead atoms. The highest BCUT2D eigenvalue weighted by atomic mass is 19.4. The van der Waals surface area contributed by atoms with E-state index >= 15 is 0 Å². The number of nitrogens with two attached hydrogens (primary N) is 3. The molecule has 5 rings (SSSR count). The summed E-state index contributed by atoms with van der Waals surface area (Å²) >= 11 is 0. The molecule has 1 aliphatic carbocycles. The van der Waals surface area contributed by atoms with Crippen LogP contribution in [-0.2, 0) is 11.3 Å². The molecule has 1 fully saturated rings. The zero-order valence-electron chi connectivity index (χ0n) is 18.2. The summed E-state index contributed by atoms with van der Waals surface area (Å²) in [5.74, 6) is -5.23. The van der Waals surface area contributed by atoms with E-state index < -0.39 is 53.1 Å². The Morgan fingerprint density at radius 1 is 1.14 bits per heavy atom. The van der Waals surface area contributed by atoms with Gasteiger partial charge >= 0.3 is 6.18 Å². The maximum absolute atomic E-state index is 14.2. The molecule has 1 amide bonds. The molecule has 36 heavy (non-hydrogen) atoms. The van der Waals surface area contributed by atoms with E-state index in [0.29, 0.717) is 0 Å². The molecule has 186 valence electrons. The van der Waals surface area contributed by atoms with Crippen molar-refractivity contribution >= 4 is 28.6 Å². The van der Waals surface area contributed by atoms with Gasteiger partial charge in [0.2, 0.25) is 5.91 Å². The normalized spacial score (nSPS) is 19.5. The lowest BCUT2D eigenvalue weighted by Crippen LogP contribution is -2.39. The van der Waals surface area contributed by atoms with Gasteiger partial charge in [-0.3, -0.25) is 4.79 Å². The number of alkyl halides is 3. The van der Waals surface area contributed by atoms with Crippen molar-refractivity contribution in [3.05, 3.63) is 59.3 Å². The number of halogens is 5. The molecule has 0 aliphatic heterocycles. The summed E-state index contributed by atoms with van der Waals surface area (Å²) in [6.45, 7) is -0.0698. The van der Waals surface area contributed by atoms with Gasteiger partial charge in [-0.15, -0.1) is 0 Å². The van der Waals surface area contributed by atoms with Crippen LogP contribution in [0.15, 0.2) is 36.5 Å². The minimum Gasteiger partial charge on any atom is -0.383 e. The molecule has 1 aromatic carbocycles. The predicted octanol–water partition coefficient (Wildman–Crippen LogP) is 2.90. The minimum absolute atomic E-state index is 0.0222. The first kappa shape index (κ1) is 23.4. The topological polar surface area (TPSA) is 152 Å². The number of anilines is 2. The zero-order valence-corrected chi connectivity index (χ0v) is 18.2. The number of hydrogen-bond donors (Lipinski definition) is 3. The fourth-order valence-corrected chi connectivity index (χ4v) is 4.40. The van der Waals surface area contributed by atoms with E-state index in [4.69, 9.17) is 17.2 Å². The fraction of sp³-hybridized carbons (Fsp3) is 0.227. The monoisotopic (exact) mass is 504 g/mol. The standard InChI is InChI=1S/C22H17F5N8O/c23-10-5-11-15(34-35(19(11)31-7-10)8-9-3-1-2-4-13(9)24)18-32-16(28)14(17(29)33-18)12-6-21(12,20(30)36)22(25,26)27/h1-5,7,12H,6,8H2,(H2,30,36)(H4,28,29,32,33). The van der Waals surface area contributed by atoms with Crippen molar-refractivity contribution in [2.45, 2.75) is 25.1 Å². The van der Waals surface area contributed by atoms with E-state index in [9.17, 15) is 26.7 Å². The highest BCUT2D eigenvalue weighted by Gasteiger charge is 2.76. The molecule has 0 radical (unpaired) electrons. The van der Waals surface area contributed by atoms with Crippen molar-refractivity contribution in [1.82, 2.24) is 24.7 Å². The third kappa shape index (κ3) is 3.48. The predicted molar refractivity (Wildman–Crippen MR) is 118 cm³/mol. The van der Waals surface area contributed by atoms with Crippen LogP contribution in [0.1, 0.15) is 23.5 Å². The van der Waals surface area contributed by atoms with Crippen LogP contribution in [0.4, 0.5) is 33.6 Å². The third-order valence-corrected chi connectivity index (χ3v) is 6.30. The van der Waals surface area contributed by atoms with Crippen molar-refractivity contribution in [2.75, 3.05) is 11.5 Å². The first-order valence-corrected chi connectivity index (χ1v) is 10.5. The molecule has 6 N–H and O–H groups in total. The second kappa shape index (κ2) is 7.83. The number of hydrogen-bond acceptors (Lipinski definition) is 7. The lowest BCUT2D eigenvalue weighted by molar-refractivity contribution is -0.191. The summed E-state index contributed by atoms with van der Waals surface area (Å²) in [5, 5.41) is 4.48. The van der Waals surface area contributed by atoms with E-state index in [2.05, 4.69) is 20.1 Å². The van der Waals surface area contributed by atoms with Crippen molar-refractivity contribution in [2.24, 2.45) is 11.1 Å². The van der Waals surface area contributed by atoms with Gasteiger partial charge in [-0.25, -0.2) is 28.4 Å². The number of pyridine rings is 1. The molecule has 0 saturated heterocycles. The number of nitrogen functional groups attached to an aromatic ring is 2. The molecule has 3 aromatic heterocycles. The first-order chi connectivity index (χ1) is 16.9. The molecule has 2 unspecified atom stereocenters. The molecule has 1 aliphatic rings. The van der Waals surface area contributed by atoms with Gasteiger partial charge in [-0.05, 0) is 18.6 Å². The van der Waals surface area contributed by atoms with E-state index in [1.165, 1.54) is 22.9 Å². The summed E-state index contributed by atoms with van der Waals surface area (Å²) in [7, 11) is 0. The van der Waals surface area contributed by atoms with Gasteiger partial charge in [0, 0.05) is 17.0 Å². The Balaban J connectivity index is 1.61. The third-order valence-electron chi connectivity index (χ3n) is 6.30. The number of fused-ring (bicyclic) bond motifs is 1. The Bertz CT molecular complexity index is 1510. The maximum atomic E-state index is 14.2. The Labute approximate surface area is 199 Å². The summed E-state index contributed by atoms with van der Waals surface area (Å²) in [5.41, 5.74) is 14.3. The van der Waals surface area contributed by atoms with Gasteiger partial charge in [-0.1, -0.05) is 18.2 Å². The zero-order chi connectivity index (χ0) is 26.0. The highest BCUT2D eigenvalue weighted by molar-refractivity contribution is 5.91. The molecule has 9 nitrogen and oxygen atoms in total. The van der Waals surface area contributed by atoms with Gasteiger partial charge in [0.15, 0.2) is 16.9 Å². The van der Waals surface area contributed by atoms with Crippen molar-refractivity contribution in [3.63, 3.8) is 0 Å². The smallest absolute Gasteiger partial charge is 0.383 e. The molecule has 4 aromatic rings. The highest BCUT2D eigenvalue weighted by Crippen LogP contribution is 2.68. The van der Waals surface area contributed by atoms with E-state index in [1.54, 1.807) is 6.07 Å². The van der Waals surface area contributed by atoms with E-state index in [1.807, 2.05) is 0 Å². The second-order valence-electron chi connectivity index (χ2n) is 8.44. The van der Waals surface area contributed by atoms with Crippen LogP contribution in [0.5, 0.6) is 0 Å². The Morgan fingerprint density at radius 2 is 1.81 bits per heavy atom. The summed E-state index contributed by atoms with van der Waals surface area (Å²) in [6, 6.07) is 7.06. The second-order valence-corrected chi connectivity index (χ2v) is 8.44. The number of amides is 1. The van der Waals surface area contributed by atoms with E-state index in [-0.39, 0.29) is 40.2 Å². The van der Waals surface area contributed by atoms with Gasteiger partial charge in [0.25, 0.3) is 0 Å². The number of primary amides is 1. The Hall–Kier alpha value is -4.36. The number of nitrogens with zero attached hydrogens (tertiary/aromatic N) is 5. The van der Waals surface area contributed by atoms with Crippen LogP contribution in [0.3, 0.4) is 0 Å². The van der Waals surface area contributed by atoms with Crippen molar-refractivity contribution in [3.8, 4) is 11.5 Å². The van der Waals surface area contributed by atoms with Gasteiger partial charge in [-0.2, -0.15) is 18.3 Å². The average Bonchev–Trinajstić information content (AvgIpc) is 3.46.